The average molecular weight is 395 g/mol. The van der Waals surface area contributed by atoms with E-state index in [0.29, 0.717) is 18.8 Å². The third-order valence-corrected chi connectivity index (χ3v) is 6.61. The molecule has 0 saturated carbocycles. The lowest BCUT2D eigenvalue weighted by atomic mass is 9.86. The first-order valence-electron chi connectivity index (χ1n) is 10.7. The van der Waals surface area contributed by atoms with Gasteiger partial charge in [-0.25, -0.2) is 0 Å². The van der Waals surface area contributed by atoms with Crippen molar-refractivity contribution in [2.45, 2.75) is 37.6 Å². The molecule has 0 aliphatic carbocycles. The molecule has 3 aliphatic rings. The maximum Gasteiger partial charge on any atom is 0.231 e. The number of hydrogen-bond acceptors (Lipinski definition) is 5. The Hall–Kier alpha value is -2.24. The molecule has 0 bridgehead atoms. The van der Waals surface area contributed by atoms with Crippen molar-refractivity contribution in [3.05, 3.63) is 42.0 Å². The smallest absolute Gasteiger partial charge is 0.231 e. The Kier molecular flexibility index (Phi) is 5.34. The molecule has 0 spiro atoms. The van der Waals surface area contributed by atoms with Crippen molar-refractivity contribution >= 4 is 0 Å². The van der Waals surface area contributed by atoms with Gasteiger partial charge in [0.15, 0.2) is 11.5 Å². The predicted octanol–water partition coefficient (Wildman–Crippen LogP) is 4.45. The fraction of sp³-hybridized carbons (Fsp3) is 0.500. The lowest BCUT2D eigenvalue weighted by molar-refractivity contribution is 0.0251. The summed E-state index contributed by atoms with van der Waals surface area (Å²) in [5, 5.41) is 0. The number of ether oxygens (including phenoxy) is 4. The summed E-state index contributed by atoms with van der Waals surface area (Å²) in [5.74, 6) is 3.18. The first kappa shape index (κ1) is 18.8. The molecule has 0 unspecified atom stereocenters. The number of fused-ring (bicyclic) bond motifs is 1. The van der Waals surface area contributed by atoms with Crippen LogP contribution in [0, 0.1) is 0 Å². The van der Waals surface area contributed by atoms with Crippen LogP contribution in [-0.4, -0.2) is 51.1 Å². The molecule has 2 aromatic rings. The quantitative estimate of drug-likeness (QED) is 0.765. The highest BCUT2D eigenvalue weighted by Gasteiger charge is 2.28. The van der Waals surface area contributed by atoms with Crippen LogP contribution in [0.1, 0.15) is 37.2 Å². The van der Waals surface area contributed by atoms with E-state index in [9.17, 15) is 0 Å². The van der Waals surface area contributed by atoms with Crippen molar-refractivity contribution in [3.8, 4) is 28.4 Å². The zero-order chi connectivity index (χ0) is 19.6. The molecule has 5 rings (SSSR count). The van der Waals surface area contributed by atoms with Gasteiger partial charge in [-0.15, -0.1) is 0 Å². The second-order valence-electron chi connectivity index (χ2n) is 8.18. The molecule has 3 aliphatic heterocycles. The average Bonchev–Trinajstić information content (AvgIpc) is 3.27. The highest BCUT2D eigenvalue weighted by molar-refractivity contribution is 5.69. The van der Waals surface area contributed by atoms with Gasteiger partial charge in [0, 0.05) is 19.3 Å². The molecule has 5 heteroatoms. The lowest BCUT2D eigenvalue weighted by Crippen LogP contribution is -2.43. The summed E-state index contributed by atoms with van der Waals surface area (Å²) in [6.45, 7) is 4.45. The van der Waals surface area contributed by atoms with Gasteiger partial charge in [-0.05, 0) is 85.6 Å². The first-order valence-corrected chi connectivity index (χ1v) is 10.7. The Bertz CT molecular complexity index is 854. The summed E-state index contributed by atoms with van der Waals surface area (Å²) in [4.78, 5) is 2.67. The molecule has 0 amide bonds. The van der Waals surface area contributed by atoms with Crippen molar-refractivity contribution in [1.82, 2.24) is 4.90 Å². The molecule has 2 fully saturated rings. The highest BCUT2D eigenvalue weighted by atomic mass is 16.7. The Morgan fingerprint density at radius 2 is 1.59 bits per heavy atom. The van der Waals surface area contributed by atoms with Crippen molar-refractivity contribution in [3.63, 3.8) is 0 Å². The van der Waals surface area contributed by atoms with Crippen molar-refractivity contribution in [2.75, 3.05) is 40.2 Å². The maximum absolute atomic E-state index is 5.73. The summed E-state index contributed by atoms with van der Waals surface area (Å²) >= 11 is 0. The van der Waals surface area contributed by atoms with Crippen LogP contribution in [0.5, 0.6) is 17.2 Å². The minimum atomic E-state index is 0.304. The van der Waals surface area contributed by atoms with Crippen LogP contribution in [-0.2, 0) is 4.74 Å². The van der Waals surface area contributed by atoms with Gasteiger partial charge in [0.2, 0.25) is 6.79 Å². The van der Waals surface area contributed by atoms with Crippen LogP contribution >= 0.6 is 0 Å². The molecule has 2 saturated heterocycles. The van der Waals surface area contributed by atoms with E-state index in [4.69, 9.17) is 18.9 Å². The van der Waals surface area contributed by atoms with Gasteiger partial charge in [-0.2, -0.15) is 0 Å². The zero-order valence-corrected chi connectivity index (χ0v) is 17.1. The third-order valence-electron chi connectivity index (χ3n) is 6.61. The number of nitrogens with zero attached hydrogens (tertiary/aromatic N) is 1. The molecule has 3 heterocycles. The van der Waals surface area contributed by atoms with Gasteiger partial charge < -0.3 is 23.8 Å². The SMILES string of the molecule is COc1ccc(-c2ccc3c(c2)OCO3)cc1C1CCN(C2CCOCC2)CC1. The number of likely N-dealkylation sites (tertiary alicyclic amines) is 1. The van der Waals surface area contributed by atoms with Gasteiger partial charge in [-0.1, -0.05) is 12.1 Å². The number of hydrogen-bond donors (Lipinski definition) is 0. The summed E-state index contributed by atoms with van der Waals surface area (Å²) in [6.07, 6.45) is 4.71. The summed E-state index contributed by atoms with van der Waals surface area (Å²) in [7, 11) is 1.77. The van der Waals surface area contributed by atoms with Crippen LogP contribution in [0.2, 0.25) is 0 Å². The Morgan fingerprint density at radius 1 is 0.862 bits per heavy atom. The summed E-state index contributed by atoms with van der Waals surface area (Å²) in [6, 6.07) is 13.4. The van der Waals surface area contributed by atoms with E-state index in [0.717, 1.165) is 49.1 Å². The van der Waals surface area contributed by atoms with Crippen molar-refractivity contribution < 1.29 is 18.9 Å². The Morgan fingerprint density at radius 3 is 2.38 bits per heavy atom. The van der Waals surface area contributed by atoms with E-state index in [1.165, 1.54) is 36.8 Å². The Balaban J connectivity index is 1.35. The predicted molar refractivity (Wildman–Crippen MR) is 112 cm³/mol. The molecule has 0 atom stereocenters. The van der Waals surface area contributed by atoms with Crippen LogP contribution in [0.4, 0.5) is 0 Å². The third kappa shape index (κ3) is 3.81. The maximum atomic E-state index is 5.73. The minimum absolute atomic E-state index is 0.304. The van der Waals surface area contributed by atoms with Gasteiger partial charge in [0.25, 0.3) is 0 Å². The van der Waals surface area contributed by atoms with E-state index in [1.54, 1.807) is 7.11 Å². The van der Waals surface area contributed by atoms with Gasteiger partial charge in [-0.3, -0.25) is 0 Å². The highest BCUT2D eigenvalue weighted by Crippen LogP contribution is 2.40. The van der Waals surface area contributed by atoms with Crippen molar-refractivity contribution in [1.29, 1.82) is 0 Å². The van der Waals surface area contributed by atoms with Crippen molar-refractivity contribution in [2.24, 2.45) is 0 Å². The summed E-state index contributed by atoms with van der Waals surface area (Å²) < 4.78 is 22.3. The van der Waals surface area contributed by atoms with E-state index in [1.807, 2.05) is 6.07 Å². The molecule has 0 aromatic heterocycles. The summed E-state index contributed by atoms with van der Waals surface area (Å²) in [5.41, 5.74) is 3.68. The molecule has 29 heavy (non-hydrogen) atoms. The van der Waals surface area contributed by atoms with Crippen LogP contribution in [0.15, 0.2) is 36.4 Å². The number of rotatable bonds is 4. The second kappa shape index (κ2) is 8.25. The molecule has 2 aromatic carbocycles. The molecule has 0 radical (unpaired) electrons. The zero-order valence-electron chi connectivity index (χ0n) is 17.1. The second-order valence-corrected chi connectivity index (χ2v) is 8.18. The molecular weight excluding hydrogens is 366 g/mol. The number of piperidine rings is 1. The van der Waals surface area contributed by atoms with E-state index < -0.39 is 0 Å². The van der Waals surface area contributed by atoms with Crippen LogP contribution < -0.4 is 14.2 Å². The monoisotopic (exact) mass is 395 g/mol. The molecule has 154 valence electrons. The normalized spacial score (nSPS) is 20.7. The molecular formula is C24H29NO4. The Labute approximate surface area is 172 Å². The minimum Gasteiger partial charge on any atom is -0.496 e. The standard InChI is InChI=1S/C24H29NO4/c1-26-22-4-2-18(19-3-5-23-24(15-19)29-16-28-23)14-21(22)17-6-10-25(11-7-17)20-8-12-27-13-9-20/h2-5,14-15,17,20H,6-13,16H2,1H3. The van der Waals surface area contributed by atoms with E-state index in [2.05, 4.69) is 35.2 Å². The fourth-order valence-electron chi connectivity index (χ4n) is 4.93. The topological polar surface area (TPSA) is 40.2 Å². The lowest BCUT2D eigenvalue weighted by Gasteiger charge is -2.39. The van der Waals surface area contributed by atoms with Crippen LogP contribution in [0.25, 0.3) is 11.1 Å². The largest absolute Gasteiger partial charge is 0.496 e. The fourth-order valence-corrected chi connectivity index (χ4v) is 4.93. The van der Waals surface area contributed by atoms with Crippen LogP contribution in [0.3, 0.4) is 0 Å². The number of benzene rings is 2. The van der Waals surface area contributed by atoms with Gasteiger partial charge in [0.05, 0.1) is 7.11 Å². The van der Waals surface area contributed by atoms with E-state index in [-0.39, 0.29) is 0 Å². The van der Waals surface area contributed by atoms with Gasteiger partial charge in [0.1, 0.15) is 5.75 Å². The van der Waals surface area contributed by atoms with E-state index >= 15 is 0 Å². The first-order chi connectivity index (χ1) is 14.3. The molecule has 5 nitrogen and oxygen atoms in total. The number of methoxy groups -OCH3 is 1. The molecule has 0 N–H and O–H groups in total. The van der Waals surface area contributed by atoms with Gasteiger partial charge >= 0.3 is 0 Å².